The first-order chi connectivity index (χ1) is 15.6. The van der Waals surface area contributed by atoms with Gasteiger partial charge in [-0.3, -0.25) is 4.79 Å². The Morgan fingerprint density at radius 1 is 1.09 bits per heavy atom. The van der Waals surface area contributed by atoms with Crippen LogP contribution in [0, 0.1) is 0 Å². The zero-order valence-corrected chi connectivity index (χ0v) is 19.5. The molecule has 1 amide bonds. The molecule has 33 heavy (non-hydrogen) atoms. The number of nitrogens with zero attached hydrogens (tertiary/aromatic N) is 1. The number of benzene rings is 2. The van der Waals surface area contributed by atoms with E-state index >= 15 is 0 Å². The topological polar surface area (TPSA) is 85.3 Å². The molecule has 0 radical (unpaired) electrons. The van der Waals surface area contributed by atoms with Gasteiger partial charge in [0, 0.05) is 12.1 Å². The van der Waals surface area contributed by atoms with Crippen molar-refractivity contribution in [3.05, 3.63) is 59.7 Å². The van der Waals surface area contributed by atoms with Crippen LogP contribution in [0.25, 0.3) is 0 Å². The van der Waals surface area contributed by atoms with Crippen LogP contribution in [0.5, 0.6) is 5.75 Å². The number of carboxylic acids is 1. The van der Waals surface area contributed by atoms with E-state index in [0.29, 0.717) is 37.3 Å². The van der Waals surface area contributed by atoms with E-state index in [4.69, 9.17) is 14.0 Å². The molecule has 0 aromatic heterocycles. The first-order valence-corrected chi connectivity index (χ1v) is 11.3. The highest BCUT2D eigenvalue weighted by molar-refractivity contribution is 6.62. The molecule has 0 spiro atoms. The fourth-order valence-corrected chi connectivity index (χ4v) is 4.09. The Balaban J connectivity index is 1.38. The Labute approximate surface area is 194 Å². The molecule has 0 aliphatic carbocycles. The SMILES string of the molecule is CC1(C)OB(c2ccc(OCc3cccc(C(=O)N4CCC[C@H]4C(=O)O)c3)cc2)OC1(C)C. The lowest BCUT2D eigenvalue weighted by Gasteiger charge is -2.32. The summed E-state index contributed by atoms with van der Waals surface area (Å²) in [5.74, 6) is -0.518. The minimum absolute atomic E-state index is 0.256. The van der Waals surface area contributed by atoms with Crippen LogP contribution in [0.1, 0.15) is 56.5 Å². The van der Waals surface area contributed by atoms with Gasteiger partial charge >= 0.3 is 13.1 Å². The molecular weight excluding hydrogens is 421 g/mol. The van der Waals surface area contributed by atoms with Gasteiger partial charge in [-0.1, -0.05) is 24.3 Å². The van der Waals surface area contributed by atoms with Crippen molar-refractivity contribution >= 4 is 24.5 Å². The van der Waals surface area contributed by atoms with Crippen molar-refractivity contribution in [1.82, 2.24) is 4.90 Å². The van der Waals surface area contributed by atoms with E-state index in [1.54, 1.807) is 18.2 Å². The molecule has 8 heteroatoms. The molecule has 2 aliphatic heterocycles. The molecule has 2 aromatic carbocycles. The van der Waals surface area contributed by atoms with E-state index in [2.05, 4.69) is 0 Å². The maximum absolute atomic E-state index is 12.8. The zero-order chi connectivity index (χ0) is 23.8. The third-order valence-electron chi connectivity index (χ3n) is 6.78. The van der Waals surface area contributed by atoms with Gasteiger partial charge in [0.2, 0.25) is 0 Å². The number of ether oxygens (including phenoxy) is 1. The van der Waals surface area contributed by atoms with Crippen molar-refractivity contribution in [2.45, 2.75) is 64.4 Å². The fourth-order valence-electron chi connectivity index (χ4n) is 4.09. The predicted octanol–water partition coefficient (Wildman–Crippen LogP) is 3.25. The summed E-state index contributed by atoms with van der Waals surface area (Å²) >= 11 is 0. The van der Waals surface area contributed by atoms with Gasteiger partial charge in [-0.15, -0.1) is 0 Å². The number of aliphatic carboxylic acids is 1. The van der Waals surface area contributed by atoms with Crippen LogP contribution in [0.15, 0.2) is 48.5 Å². The Bertz CT molecular complexity index is 1020. The van der Waals surface area contributed by atoms with Crippen LogP contribution in [0.3, 0.4) is 0 Å². The number of hydrogen-bond acceptors (Lipinski definition) is 5. The maximum Gasteiger partial charge on any atom is 0.494 e. The van der Waals surface area contributed by atoms with E-state index < -0.39 is 30.3 Å². The first-order valence-electron chi connectivity index (χ1n) is 11.3. The third kappa shape index (κ3) is 4.77. The molecule has 174 valence electrons. The predicted molar refractivity (Wildman–Crippen MR) is 125 cm³/mol. The van der Waals surface area contributed by atoms with Gasteiger partial charge in [0.05, 0.1) is 11.2 Å². The van der Waals surface area contributed by atoms with Gasteiger partial charge in [-0.25, -0.2) is 4.79 Å². The van der Waals surface area contributed by atoms with Crippen molar-refractivity contribution in [3.8, 4) is 5.75 Å². The van der Waals surface area contributed by atoms with Gasteiger partial charge in [-0.05, 0) is 75.8 Å². The van der Waals surface area contributed by atoms with E-state index in [-0.39, 0.29) is 5.91 Å². The molecule has 0 saturated carbocycles. The molecular formula is C25H30BNO6. The lowest BCUT2D eigenvalue weighted by molar-refractivity contribution is -0.141. The summed E-state index contributed by atoms with van der Waals surface area (Å²) in [5, 5.41) is 9.35. The van der Waals surface area contributed by atoms with E-state index in [9.17, 15) is 14.7 Å². The standard InChI is InChI=1S/C25H30BNO6/c1-24(2)25(3,4)33-26(32-24)19-10-12-20(13-11-19)31-16-17-7-5-8-18(15-17)22(28)27-14-6-9-21(27)23(29)30/h5,7-8,10-13,15,21H,6,9,14,16H2,1-4H3,(H,29,30)/t21-/m0/s1. The van der Waals surface area contributed by atoms with Gasteiger partial charge in [0.25, 0.3) is 5.91 Å². The lowest BCUT2D eigenvalue weighted by Crippen LogP contribution is -2.41. The number of rotatable bonds is 6. The molecule has 1 atom stereocenters. The zero-order valence-electron chi connectivity index (χ0n) is 19.5. The van der Waals surface area contributed by atoms with Crippen molar-refractivity contribution in [3.63, 3.8) is 0 Å². The smallest absolute Gasteiger partial charge is 0.489 e. The van der Waals surface area contributed by atoms with Crippen molar-refractivity contribution in [1.29, 1.82) is 0 Å². The number of amides is 1. The quantitative estimate of drug-likeness (QED) is 0.679. The Hall–Kier alpha value is -2.84. The summed E-state index contributed by atoms with van der Waals surface area (Å²) in [6.07, 6.45) is 1.19. The second kappa shape index (κ2) is 8.84. The normalized spacial score (nSPS) is 21.3. The molecule has 2 aliphatic rings. The van der Waals surface area contributed by atoms with Crippen molar-refractivity contribution < 1.29 is 28.7 Å². The van der Waals surface area contributed by atoms with Gasteiger partial charge < -0.3 is 24.1 Å². The highest BCUT2D eigenvalue weighted by Crippen LogP contribution is 2.36. The second-order valence-corrected chi connectivity index (χ2v) is 9.64. The van der Waals surface area contributed by atoms with Crippen LogP contribution in [-0.2, 0) is 20.7 Å². The molecule has 1 N–H and O–H groups in total. The highest BCUT2D eigenvalue weighted by atomic mass is 16.7. The summed E-state index contributed by atoms with van der Waals surface area (Å²) in [6, 6.07) is 14.0. The first kappa shape index (κ1) is 23.3. The summed E-state index contributed by atoms with van der Waals surface area (Å²) in [5.41, 5.74) is 1.44. The van der Waals surface area contributed by atoms with Crippen LogP contribution in [-0.4, -0.2) is 52.8 Å². The Kier molecular flexibility index (Phi) is 6.25. The maximum atomic E-state index is 12.8. The molecule has 4 rings (SSSR count). The monoisotopic (exact) mass is 451 g/mol. The second-order valence-electron chi connectivity index (χ2n) is 9.64. The summed E-state index contributed by atoms with van der Waals surface area (Å²) in [4.78, 5) is 25.7. The third-order valence-corrected chi connectivity index (χ3v) is 6.78. The number of hydrogen-bond donors (Lipinski definition) is 1. The molecule has 0 unspecified atom stereocenters. The molecule has 2 fully saturated rings. The van der Waals surface area contributed by atoms with E-state index in [1.807, 2.05) is 58.0 Å². The van der Waals surface area contributed by atoms with Gasteiger partial charge in [0.1, 0.15) is 18.4 Å². The fraction of sp³-hybridized carbons (Fsp3) is 0.440. The number of carbonyl (C=O) groups is 2. The number of carbonyl (C=O) groups excluding carboxylic acids is 1. The van der Waals surface area contributed by atoms with Crippen molar-refractivity contribution in [2.75, 3.05) is 6.54 Å². The number of likely N-dealkylation sites (tertiary alicyclic amines) is 1. The average Bonchev–Trinajstić information content (AvgIpc) is 3.35. The minimum atomic E-state index is -0.954. The lowest BCUT2D eigenvalue weighted by atomic mass is 9.79. The molecule has 2 heterocycles. The van der Waals surface area contributed by atoms with Gasteiger partial charge in [-0.2, -0.15) is 0 Å². The molecule has 2 aromatic rings. The summed E-state index contributed by atoms with van der Waals surface area (Å²) < 4.78 is 18.1. The Morgan fingerprint density at radius 3 is 2.39 bits per heavy atom. The largest absolute Gasteiger partial charge is 0.494 e. The van der Waals surface area contributed by atoms with Crippen LogP contribution in [0.4, 0.5) is 0 Å². The molecule has 7 nitrogen and oxygen atoms in total. The molecule has 2 saturated heterocycles. The van der Waals surface area contributed by atoms with E-state index in [1.165, 1.54) is 4.90 Å². The number of carboxylic acid groups (broad SMARTS) is 1. The van der Waals surface area contributed by atoms with Crippen LogP contribution >= 0.6 is 0 Å². The minimum Gasteiger partial charge on any atom is -0.489 e. The summed E-state index contributed by atoms with van der Waals surface area (Å²) in [7, 11) is -0.424. The molecule has 0 bridgehead atoms. The van der Waals surface area contributed by atoms with Crippen LogP contribution in [0.2, 0.25) is 0 Å². The van der Waals surface area contributed by atoms with E-state index in [0.717, 1.165) is 11.0 Å². The Morgan fingerprint density at radius 2 is 1.76 bits per heavy atom. The van der Waals surface area contributed by atoms with Crippen LogP contribution < -0.4 is 10.2 Å². The highest BCUT2D eigenvalue weighted by Gasteiger charge is 2.51. The summed E-state index contributed by atoms with van der Waals surface area (Å²) in [6.45, 7) is 8.85. The van der Waals surface area contributed by atoms with Gasteiger partial charge in [0.15, 0.2) is 0 Å². The van der Waals surface area contributed by atoms with Crippen molar-refractivity contribution in [2.24, 2.45) is 0 Å². The average molecular weight is 451 g/mol.